The maximum Gasteiger partial charge on any atom is 0.331 e. The minimum Gasteiger partial charge on any atom is -0.493 e. The molecule has 0 amide bonds. The highest BCUT2D eigenvalue weighted by Crippen LogP contribution is 2.39. The molecule has 2 fully saturated rings. The molecule has 0 bridgehead atoms. The number of aliphatic hydroxyl groups excluding tert-OH is 4. The van der Waals surface area contributed by atoms with Crippen LogP contribution >= 0.6 is 0 Å². The maximum absolute atomic E-state index is 13.6. The highest BCUT2D eigenvalue weighted by molar-refractivity contribution is 5.89. The van der Waals surface area contributed by atoms with E-state index in [1.807, 2.05) is 0 Å². The summed E-state index contributed by atoms with van der Waals surface area (Å²) in [5.74, 6) is -8.48. The average molecular weight is 1160 g/mol. The van der Waals surface area contributed by atoms with Gasteiger partial charge in [-0.25, -0.2) is 19.2 Å². The van der Waals surface area contributed by atoms with Gasteiger partial charge in [0.2, 0.25) is 5.79 Å². The van der Waals surface area contributed by atoms with Gasteiger partial charge in [-0.15, -0.1) is 0 Å². The van der Waals surface area contributed by atoms with Gasteiger partial charge < -0.3 is 82.0 Å². The standard InChI is InChI=1S/C58H58O25/c1-32(60)75-40-17-7-36(8-18-40)13-23-48(64)74-30-47-53(69)56(81-51(67)25-14-37-9-19-41(20-10-37)76-33(2)61)58(31-59,82-47)83-57-54(70)55(80-50(66)26-16-39-12-22-43(78-35(4)63)45(28-39)72-6)52(68)46(79-57)29-73-49(65)24-15-38-11-21-42(77-34(3)62)44(27-38)71-5/h7-28,46-47,52-57,59,68-70H,29-31H2,1-6H3/b23-13+,24-15+,25-14+,26-16+/t46-,47-,52-,53-,54-,55+,56+,57-,58+/m1/s1. The molecule has 2 saturated heterocycles. The number of carbonyl (C=O) groups excluding carboxylic acids is 8. The first-order valence-electron chi connectivity index (χ1n) is 25.0. The molecule has 4 N–H and O–H groups in total. The van der Waals surface area contributed by atoms with Gasteiger partial charge in [-0.2, -0.15) is 0 Å². The number of rotatable bonds is 23. The van der Waals surface area contributed by atoms with Crippen LogP contribution in [0.2, 0.25) is 0 Å². The second-order valence-electron chi connectivity index (χ2n) is 17.9. The van der Waals surface area contributed by atoms with E-state index >= 15 is 0 Å². The Hall–Kier alpha value is -9.08. The van der Waals surface area contributed by atoms with Gasteiger partial charge in [-0.1, -0.05) is 36.4 Å². The van der Waals surface area contributed by atoms with Crippen LogP contribution in [0.25, 0.3) is 24.3 Å². The van der Waals surface area contributed by atoms with Crippen LogP contribution < -0.4 is 28.4 Å². The van der Waals surface area contributed by atoms with Gasteiger partial charge in [0.15, 0.2) is 41.5 Å². The third kappa shape index (κ3) is 18.2. The smallest absolute Gasteiger partial charge is 0.331 e. The minimum atomic E-state index is -2.75. The topological polar surface area (TPSA) is 337 Å². The minimum absolute atomic E-state index is 0.0799. The molecule has 0 aromatic heterocycles. The van der Waals surface area contributed by atoms with Gasteiger partial charge in [-0.3, -0.25) is 19.2 Å². The maximum atomic E-state index is 13.6. The van der Waals surface area contributed by atoms with Crippen LogP contribution in [0, 0.1) is 0 Å². The molecule has 4 aromatic carbocycles. The van der Waals surface area contributed by atoms with E-state index in [1.54, 1.807) is 12.1 Å². The normalized spacial score (nSPS) is 22.2. The molecule has 4 aromatic rings. The zero-order valence-electron chi connectivity index (χ0n) is 45.3. The van der Waals surface area contributed by atoms with Crippen LogP contribution in [0.4, 0.5) is 0 Å². The molecule has 9 atom stereocenters. The highest BCUT2D eigenvalue weighted by Gasteiger charge is 2.61. The van der Waals surface area contributed by atoms with Crippen molar-refractivity contribution < 1.29 is 120 Å². The van der Waals surface area contributed by atoms with E-state index in [2.05, 4.69) is 0 Å². The Balaban J connectivity index is 1.28. The van der Waals surface area contributed by atoms with Crippen molar-refractivity contribution in [3.8, 4) is 34.5 Å². The van der Waals surface area contributed by atoms with E-state index in [4.69, 9.17) is 61.6 Å². The number of ether oxygens (including phenoxy) is 13. The molecule has 2 aliphatic heterocycles. The summed E-state index contributed by atoms with van der Waals surface area (Å²) in [5, 5.41) is 46.5. The van der Waals surface area contributed by atoms with Crippen LogP contribution in [0.5, 0.6) is 34.5 Å². The summed E-state index contributed by atoms with van der Waals surface area (Å²) in [7, 11) is 2.65. The Morgan fingerprint density at radius 3 is 1.34 bits per heavy atom. The molecule has 0 unspecified atom stereocenters. The molecule has 0 aliphatic carbocycles. The lowest BCUT2D eigenvalue weighted by Gasteiger charge is -2.44. The second-order valence-corrected chi connectivity index (χ2v) is 17.9. The SMILES string of the molecule is COc1cc(/C=C/C(=O)OC[C@H]2O[C@H](O[C@]3(CO)O[C@H](COC(=O)/C=C/c4ccc(OC(C)=O)cc4)[C@@H](O)[C@@H]3OC(=O)/C=C/c3ccc(OC(C)=O)cc3)[C@H](O)[C@@H](OC(=O)/C=C/c3ccc(OC(C)=O)c(OC)c3)[C@@H]2O)ccc1OC(C)=O. The Bertz CT molecular complexity index is 3110. The molecule has 25 heteroatoms. The quantitative estimate of drug-likeness (QED) is 0.0358. The van der Waals surface area contributed by atoms with Gasteiger partial charge in [0.1, 0.15) is 61.8 Å². The van der Waals surface area contributed by atoms with E-state index in [0.29, 0.717) is 22.3 Å². The summed E-state index contributed by atoms with van der Waals surface area (Å²) in [6, 6.07) is 20.6. The second kappa shape index (κ2) is 29.6. The number of benzene rings is 4. The molecular formula is C58H58O25. The first kappa shape index (κ1) is 63.1. The Labute approximate surface area is 473 Å². The fourth-order valence-electron chi connectivity index (χ4n) is 7.97. The fourth-order valence-corrected chi connectivity index (χ4v) is 7.97. The lowest BCUT2D eigenvalue weighted by molar-refractivity contribution is -0.383. The molecule has 2 aliphatic rings. The summed E-state index contributed by atoms with van der Waals surface area (Å²) < 4.78 is 70.9. The first-order valence-corrected chi connectivity index (χ1v) is 25.0. The summed E-state index contributed by atoms with van der Waals surface area (Å²) in [5.41, 5.74) is 1.62. The van der Waals surface area contributed by atoms with Crippen LogP contribution in [0.15, 0.2) is 109 Å². The highest BCUT2D eigenvalue weighted by atomic mass is 16.8. The van der Waals surface area contributed by atoms with E-state index in [1.165, 1.54) is 139 Å². The van der Waals surface area contributed by atoms with Gasteiger partial charge in [0.05, 0.1) is 14.2 Å². The predicted molar refractivity (Wildman–Crippen MR) is 284 cm³/mol. The average Bonchev–Trinajstić information content (AvgIpc) is 3.78. The molecule has 0 saturated carbocycles. The Morgan fingerprint density at radius 1 is 0.494 bits per heavy atom. The number of hydrogen-bond acceptors (Lipinski definition) is 25. The van der Waals surface area contributed by atoms with Gasteiger partial charge >= 0.3 is 47.8 Å². The monoisotopic (exact) mass is 1150 g/mol. The van der Waals surface area contributed by atoms with E-state index < -0.39 is 122 Å². The van der Waals surface area contributed by atoms with E-state index in [-0.39, 0.29) is 34.5 Å². The zero-order valence-corrected chi connectivity index (χ0v) is 45.3. The number of esters is 8. The van der Waals surface area contributed by atoms with E-state index in [0.717, 1.165) is 24.3 Å². The van der Waals surface area contributed by atoms with Crippen molar-refractivity contribution in [3.63, 3.8) is 0 Å². The Morgan fingerprint density at radius 2 is 0.904 bits per heavy atom. The summed E-state index contributed by atoms with van der Waals surface area (Å²) in [4.78, 5) is 99.1. The lowest BCUT2D eigenvalue weighted by atomic mass is 9.98. The van der Waals surface area contributed by atoms with Crippen molar-refractivity contribution in [2.24, 2.45) is 0 Å². The summed E-state index contributed by atoms with van der Waals surface area (Å²) in [6.45, 7) is 1.90. The van der Waals surface area contributed by atoms with Crippen LogP contribution in [-0.2, 0) is 71.5 Å². The van der Waals surface area contributed by atoms with Crippen molar-refractivity contribution >= 4 is 72.1 Å². The van der Waals surface area contributed by atoms with Gasteiger partial charge in [0, 0.05) is 52.0 Å². The van der Waals surface area contributed by atoms with Crippen molar-refractivity contribution in [2.45, 2.75) is 82.5 Å². The van der Waals surface area contributed by atoms with Crippen LogP contribution in [-0.4, -0.2) is 157 Å². The van der Waals surface area contributed by atoms with Crippen molar-refractivity contribution in [3.05, 3.63) is 131 Å². The fraction of sp³-hybridized carbons (Fsp3) is 0.310. The van der Waals surface area contributed by atoms with Crippen molar-refractivity contribution in [1.82, 2.24) is 0 Å². The Kier molecular flexibility index (Phi) is 22.5. The molecule has 25 nitrogen and oxygen atoms in total. The van der Waals surface area contributed by atoms with E-state index in [9.17, 15) is 58.8 Å². The van der Waals surface area contributed by atoms with Gasteiger partial charge in [0.25, 0.3) is 0 Å². The summed E-state index contributed by atoms with van der Waals surface area (Å²) >= 11 is 0. The predicted octanol–water partition coefficient (Wildman–Crippen LogP) is 3.38. The van der Waals surface area contributed by atoms with Crippen molar-refractivity contribution in [2.75, 3.05) is 34.0 Å². The molecule has 0 radical (unpaired) electrons. The molecular weight excluding hydrogens is 1100 g/mol. The molecule has 440 valence electrons. The number of hydrogen-bond donors (Lipinski definition) is 4. The number of aliphatic hydroxyl groups is 4. The lowest BCUT2D eigenvalue weighted by Crippen LogP contribution is -2.64. The number of carbonyl (C=O) groups is 8. The summed E-state index contributed by atoms with van der Waals surface area (Å²) in [6.07, 6.45) is -6.89. The molecule has 2 heterocycles. The van der Waals surface area contributed by atoms with Gasteiger partial charge in [-0.05, 0) is 95.1 Å². The zero-order chi connectivity index (χ0) is 60.4. The molecule has 83 heavy (non-hydrogen) atoms. The molecule has 6 rings (SSSR count). The molecule has 0 spiro atoms. The number of methoxy groups -OCH3 is 2. The van der Waals surface area contributed by atoms with Crippen molar-refractivity contribution in [1.29, 1.82) is 0 Å². The van der Waals surface area contributed by atoms with Crippen LogP contribution in [0.3, 0.4) is 0 Å². The third-order valence-electron chi connectivity index (χ3n) is 11.7. The first-order chi connectivity index (χ1) is 39.6. The third-order valence-corrected chi connectivity index (χ3v) is 11.7. The largest absolute Gasteiger partial charge is 0.493 e. The van der Waals surface area contributed by atoms with Crippen LogP contribution in [0.1, 0.15) is 49.9 Å².